The minimum Gasteiger partial charge on any atom is -0.497 e. The third-order valence-corrected chi connectivity index (χ3v) is 7.04. The second-order valence-electron chi connectivity index (χ2n) is 8.30. The number of carbonyl (C=O) groups excluding carboxylic acids is 2. The lowest BCUT2D eigenvalue weighted by Gasteiger charge is -2.20. The molecule has 10 heteroatoms. The van der Waals surface area contributed by atoms with Gasteiger partial charge in [-0.2, -0.15) is 0 Å². The molecule has 0 aromatic heterocycles. The Hall–Kier alpha value is -3.24. The molecule has 2 amide bonds. The summed E-state index contributed by atoms with van der Waals surface area (Å²) in [5, 5.41) is 2.78. The summed E-state index contributed by atoms with van der Waals surface area (Å²) in [6.45, 7) is 3.51. The molecule has 0 bridgehead atoms. The first-order chi connectivity index (χ1) is 17.5. The number of anilines is 1. The highest BCUT2D eigenvalue weighted by atomic mass is 32.2. The van der Waals surface area contributed by atoms with Gasteiger partial charge in [-0.15, -0.1) is 0 Å². The van der Waals surface area contributed by atoms with Gasteiger partial charge in [0, 0.05) is 19.1 Å². The number of methoxy groups -OCH3 is 2. The number of rotatable bonds is 10. The zero-order chi connectivity index (χ0) is 25.5. The number of ether oxygens (including phenoxy) is 4. The number of hydrogen-bond acceptors (Lipinski definition) is 8. The van der Waals surface area contributed by atoms with Crippen molar-refractivity contribution >= 4 is 40.1 Å². The number of nitrogens with one attached hydrogen (secondary N) is 1. The maximum absolute atomic E-state index is 13.4. The van der Waals surface area contributed by atoms with E-state index in [0.29, 0.717) is 53.5 Å². The number of carbonyl (C=O) groups is 2. The predicted octanol–water partition coefficient (Wildman–Crippen LogP) is 4.24. The highest BCUT2D eigenvalue weighted by molar-refractivity contribution is 8.15. The fourth-order valence-electron chi connectivity index (χ4n) is 4.10. The molecule has 2 aromatic carbocycles. The van der Waals surface area contributed by atoms with E-state index >= 15 is 0 Å². The number of benzene rings is 2. The van der Waals surface area contributed by atoms with E-state index in [1.807, 2.05) is 31.2 Å². The van der Waals surface area contributed by atoms with Crippen molar-refractivity contribution in [2.45, 2.75) is 37.5 Å². The van der Waals surface area contributed by atoms with E-state index in [9.17, 15) is 9.59 Å². The third-order valence-electron chi connectivity index (χ3n) is 5.86. The van der Waals surface area contributed by atoms with E-state index in [2.05, 4.69) is 5.32 Å². The molecule has 4 rings (SSSR count). The lowest BCUT2D eigenvalue weighted by Crippen LogP contribution is -2.38. The van der Waals surface area contributed by atoms with E-state index in [-0.39, 0.29) is 24.3 Å². The Kier molecular flexibility index (Phi) is 8.71. The molecule has 0 unspecified atom stereocenters. The predicted molar refractivity (Wildman–Crippen MR) is 140 cm³/mol. The van der Waals surface area contributed by atoms with Gasteiger partial charge in [-0.1, -0.05) is 23.9 Å². The topological polar surface area (TPSA) is 98.7 Å². The van der Waals surface area contributed by atoms with Crippen LogP contribution in [-0.2, 0) is 14.3 Å². The third kappa shape index (κ3) is 6.11. The molecule has 1 N–H and O–H groups in total. The van der Waals surface area contributed by atoms with Crippen molar-refractivity contribution in [3.63, 3.8) is 0 Å². The normalized spacial score (nSPS) is 20.6. The zero-order valence-electron chi connectivity index (χ0n) is 20.7. The molecule has 2 fully saturated rings. The molecule has 2 aromatic rings. The van der Waals surface area contributed by atoms with E-state index in [0.717, 1.165) is 12.8 Å². The van der Waals surface area contributed by atoms with Gasteiger partial charge in [0.25, 0.3) is 0 Å². The van der Waals surface area contributed by atoms with Crippen molar-refractivity contribution in [2.24, 2.45) is 4.99 Å². The molecule has 9 nitrogen and oxygen atoms in total. The van der Waals surface area contributed by atoms with Crippen molar-refractivity contribution in [2.75, 3.05) is 39.3 Å². The van der Waals surface area contributed by atoms with Crippen molar-refractivity contribution < 1.29 is 28.5 Å². The summed E-state index contributed by atoms with van der Waals surface area (Å²) in [6.07, 6.45) is 1.79. The molecular formula is C26H31N3O6S. The van der Waals surface area contributed by atoms with Gasteiger partial charge in [-0.3, -0.25) is 14.5 Å². The molecule has 0 saturated carbocycles. The Morgan fingerprint density at radius 3 is 2.75 bits per heavy atom. The number of thioether (sulfide) groups is 1. The molecule has 0 aliphatic carbocycles. The van der Waals surface area contributed by atoms with Gasteiger partial charge in [-0.05, 0) is 44.0 Å². The van der Waals surface area contributed by atoms with E-state index in [1.165, 1.54) is 18.9 Å². The van der Waals surface area contributed by atoms with Gasteiger partial charge in [0.2, 0.25) is 11.8 Å². The Bertz CT molecular complexity index is 1120. The summed E-state index contributed by atoms with van der Waals surface area (Å²) in [5.74, 6) is 1.27. The van der Waals surface area contributed by atoms with Crippen LogP contribution in [0.15, 0.2) is 47.5 Å². The summed E-state index contributed by atoms with van der Waals surface area (Å²) >= 11 is 1.29. The zero-order valence-corrected chi connectivity index (χ0v) is 21.5. The molecular weight excluding hydrogens is 482 g/mol. The van der Waals surface area contributed by atoms with Crippen molar-refractivity contribution in [3.8, 4) is 17.2 Å². The first kappa shape index (κ1) is 25.8. The van der Waals surface area contributed by atoms with Crippen LogP contribution in [0.5, 0.6) is 17.2 Å². The number of nitrogens with zero attached hydrogens (tertiary/aromatic N) is 2. The smallest absolute Gasteiger partial charge is 0.242 e. The first-order valence-corrected chi connectivity index (χ1v) is 12.8. The number of hydrogen-bond donors (Lipinski definition) is 1. The van der Waals surface area contributed by atoms with Crippen LogP contribution < -0.4 is 19.5 Å². The Labute approximate surface area is 215 Å². The fraction of sp³-hybridized carbons (Fsp3) is 0.423. The average molecular weight is 514 g/mol. The van der Waals surface area contributed by atoms with Gasteiger partial charge in [-0.25, -0.2) is 4.99 Å². The van der Waals surface area contributed by atoms with Crippen molar-refractivity contribution in [3.05, 3.63) is 42.5 Å². The molecule has 2 saturated heterocycles. The maximum atomic E-state index is 13.4. The highest BCUT2D eigenvalue weighted by Crippen LogP contribution is 2.36. The second-order valence-corrected chi connectivity index (χ2v) is 9.47. The highest BCUT2D eigenvalue weighted by Gasteiger charge is 2.41. The second kappa shape index (κ2) is 12.1. The Morgan fingerprint density at radius 2 is 2.03 bits per heavy atom. The number of amides is 2. The van der Waals surface area contributed by atoms with Crippen LogP contribution in [0.25, 0.3) is 0 Å². The first-order valence-electron chi connectivity index (χ1n) is 11.9. The van der Waals surface area contributed by atoms with Gasteiger partial charge in [0.15, 0.2) is 5.17 Å². The number of amidine groups is 1. The Morgan fingerprint density at radius 1 is 1.19 bits per heavy atom. The van der Waals surface area contributed by atoms with Gasteiger partial charge >= 0.3 is 0 Å². The quantitative estimate of drug-likeness (QED) is 0.507. The van der Waals surface area contributed by atoms with Crippen LogP contribution >= 0.6 is 11.8 Å². The molecule has 36 heavy (non-hydrogen) atoms. The Balaban J connectivity index is 1.54. The molecule has 0 spiro atoms. The summed E-state index contributed by atoms with van der Waals surface area (Å²) in [4.78, 5) is 32.8. The SMILES string of the molecule is CCOc1ccccc1N=C1S[C@H](CC(=O)Nc2cc(OC)ccc2OC)C(=O)N1C[C@H]1CCCO1. The van der Waals surface area contributed by atoms with Crippen molar-refractivity contribution in [1.29, 1.82) is 0 Å². The molecule has 2 atom stereocenters. The fourth-order valence-corrected chi connectivity index (χ4v) is 5.26. The molecule has 0 radical (unpaired) electrons. The summed E-state index contributed by atoms with van der Waals surface area (Å²) in [5.41, 5.74) is 1.12. The molecule has 2 aliphatic heterocycles. The van der Waals surface area contributed by atoms with Crippen LogP contribution in [0, 0.1) is 0 Å². The summed E-state index contributed by atoms with van der Waals surface area (Å²) in [6, 6.07) is 12.6. The van der Waals surface area contributed by atoms with Crippen LogP contribution in [0.4, 0.5) is 11.4 Å². The van der Waals surface area contributed by atoms with E-state index in [4.69, 9.17) is 23.9 Å². The van der Waals surface area contributed by atoms with Crippen molar-refractivity contribution in [1.82, 2.24) is 4.90 Å². The monoisotopic (exact) mass is 513 g/mol. The van der Waals surface area contributed by atoms with Gasteiger partial charge < -0.3 is 24.3 Å². The van der Waals surface area contributed by atoms with E-state index < -0.39 is 5.25 Å². The van der Waals surface area contributed by atoms with E-state index in [1.54, 1.807) is 30.2 Å². The molecule has 2 aliphatic rings. The van der Waals surface area contributed by atoms with Crippen LogP contribution in [0.3, 0.4) is 0 Å². The largest absolute Gasteiger partial charge is 0.497 e. The van der Waals surface area contributed by atoms with Gasteiger partial charge in [0.1, 0.15) is 28.2 Å². The number of para-hydroxylation sites is 2. The summed E-state index contributed by atoms with van der Waals surface area (Å²) in [7, 11) is 3.08. The van der Waals surface area contributed by atoms with Crippen LogP contribution in [0.2, 0.25) is 0 Å². The lowest BCUT2D eigenvalue weighted by molar-refractivity contribution is -0.129. The molecule has 2 heterocycles. The minimum atomic E-state index is -0.610. The molecule has 192 valence electrons. The van der Waals surface area contributed by atoms with Crippen LogP contribution in [-0.4, -0.2) is 67.2 Å². The standard InChI is InChI=1S/C26H31N3O6S/c1-4-34-22-10-6-5-9-19(22)28-26-29(16-18-8-7-13-35-18)25(31)23(36-26)15-24(30)27-20-14-17(32-2)11-12-21(20)33-3/h5-6,9-12,14,18,23H,4,7-8,13,15-16H2,1-3H3,(H,27,30)/t18-,23-/m1/s1. The lowest BCUT2D eigenvalue weighted by atomic mass is 10.2. The van der Waals surface area contributed by atoms with Crippen LogP contribution in [0.1, 0.15) is 26.2 Å². The maximum Gasteiger partial charge on any atom is 0.242 e. The summed E-state index contributed by atoms with van der Waals surface area (Å²) < 4.78 is 22.1. The van der Waals surface area contributed by atoms with Gasteiger partial charge in [0.05, 0.1) is 39.2 Å². The average Bonchev–Trinajstić information content (AvgIpc) is 3.49. The minimum absolute atomic E-state index is 0.0159. The number of aliphatic imine (C=N–C) groups is 1.